The highest BCUT2D eigenvalue weighted by Crippen LogP contribution is 2.34. The zero-order chi connectivity index (χ0) is 25.5. The lowest BCUT2D eigenvalue weighted by molar-refractivity contribution is -0.148. The molecule has 0 unspecified atom stereocenters. The fraction of sp³-hybridized carbons (Fsp3) is 0.621. The van der Waals surface area contributed by atoms with Crippen LogP contribution >= 0.6 is 0 Å². The molecule has 4 aliphatic rings. The Kier molecular flexibility index (Phi) is 9.73. The second-order valence-corrected chi connectivity index (χ2v) is 10.4. The number of carbonyl (C=O) groups excluding carboxylic acids is 1. The molecule has 36 heavy (non-hydrogen) atoms. The van der Waals surface area contributed by atoms with Gasteiger partial charge in [-0.25, -0.2) is 4.79 Å². The molecule has 198 valence electrons. The molecule has 0 aromatic heterocycles. The maximum Gasteiger partial charge on any atom is 0.330 e. The molecule has 0 spiro atoms. The molecule has 0 aromatic rings. The predicted molar refractivity (Wildman–Crippen MR) is 136 cm³/mol. The van der Waals surface area contributed by atoms with Crippen LogP contribution in [0.25, 0.3) is 0 Å². The molecule has 2 bridgehead atoms. The second-order valence-electron chi connectivity index (χ2n) is 10.4. The number of esters is 1. The van der Waals surface area contributed by atoms with Gasteiger partial charge in [-0.3, -0.25) is 0 Å². The van der Waals surface area contributed by atoms with Crippen LogP contribution in [0.5, 0.6) is 0 Å². The summed E-state index contributed by atoms with van der Waals surface area (Å²) in [6.45, 7) is 6.74. The first-order chi connectivity index (χ1) is 17.4. The molecule has 0 amide bonds. The predicted octanol–water partition coefficient (Wildman–Crippen LogP) is 3.86. The van der Waals surface area contributed by atoms with Crippen LogP contribution in [0, 0.1) is 0 Å². The number of aliphatic hydroxyl groups excluding tert-OH is 2. The standard InChI is InChI=1S/C29H40O7/c1-19-6-3-7-21-8-4-9-22(34-21)10-5-11-28(32)35-26(18-27-29(36-27)25(31)17-19)24(30)13-12-23-16-20(2)14-15-33-23/h4-5,8,11-14,21-27,29-31H,1,3,6-7,9-10,15-18H2,2H3/b11-5-,13-12+/t21-,22+,23-,24+,25+,26+,27+,29+/m1/s1. The molecule has 0 aromatic carbocycles. The molecule has 0 radical (unpaired) electrons. The first-order valence-corrected chi connectivity index (χ1v) is 13.2. The summed E-state index contributed by atoms with van der Waals surface area (Å²) in [7, 11) is 0. The van der Waals surface area contributed by atoms with E-state index in [2.05, 4.69) is 25.7 Å². The molecule has 1 fully saturated rings. The Bertz CT molecular complexity index is 888. The number of aliphatic hydroxyl groups is 2. The van der Waals surface area contributed by atoms with E-state index in [9.17, 15) is 15.0 Å². The van der Waals surface area contributed by atoms with Crippen molar-refractivity contribution < 1.29 is 34.0 Å². The maximum atomic E-state index is 12.6. The van der Waals surface area contributed by atoms with Crippen LogP contribution in [-0.2, 0) is 23.7 Å². The third-order valence-corrected chi connectivity index (χ3v) is 7.19. The van der Waals surface area contributed by atoms with Gasteiger partial charge in [0.2, 0.25) is 0 Å². The van der Waals surface area contributed by atoms with Gasteiger partial charge in [-0.1, -0.05) is 54.2 Å². The normalized spacial score (nSPS) is 38.3. The van der Waals surface area contributed by atoms with Crippen molar-refractivity contribution >= 4 is 5.97 Å². The van der Waals surface area contributed by atoms with Gasteiger partial charge in [0.15, 0.2) is 0 Å². The number of epoxide rings is 1. The van der Waals surface area contributed by atoms with E-state index >= 15 is 0 Å². The van der Waals surface area contributed by atoms with Gasteiger partial charge in [0.1, 0.15) is 18.3 Å². The van der Waals surface area contributed by atoms with Crippen LogP contribution in [0.1, 0.15) is 58.3 Å². The Labute approximate surface area is 214 Å². The minimum absolute atomic E-state index is 0.0194. The molecular weight excluding hydrogens is 460 g/mol. The Morgan fingerprint density at radius 2 is 2.03 bits per heavy atom. The fourth-order valence-electron chi connectivity index (χ4n) is 5.05. The first kappa shape index (κ1) is 27.0. The van der Waals surface area contributed by atoms with Gasteiger partial charge in [-0.05, 0) is 51.9 Å². The van der Waals surface area contributed by atoms with Gasteiger partial charge in [0.25, 0.3) is 0 Å². The lowest BCUT2D eigenvalue weighted by atomic mass is 9.97. The van der Waals surface area contributed by atoms with Gasteiger partial charge in [0.05, 0.1) is 37.1 Å². The number of fused-ring (bicyclic) bond motifs is 3. The van der Waals surface area contributed by atoms with Crippen molar-refractivity contribution in [3.63, 3.8) is 0 Å². The fourth-order valence-corrected chi connectivity index (χ4v) is 5.05. The van der Waals surface area contributed by atoms with Crippen molar-refractivity contribution in [2.24, 2.45) is 0 Å². The van der Waals surface area contributed by atoms with E-state index in [-0.39, 0.29) is 30.5 Å². The summed E-state index contributed by atoms with van der Waals surface area (Å²) in [5.41, 5.74) is 2.23. The first-order valence-electron chi connectivity index (χ1n) is 13.2. The van der Waals surface area contributed by atoms with Gasteiger partial charge >= 0.3 is 5.97 Å². The number of cyclic esters (lactones) is 1. The minimum atomic E-state index is -1.02. The molecular formula is C29H40O7. The smallest absolute Gasteiger partial charge is 0.330 e. The largest absolute Gasteiger partial charge is 0.456 e. The average molecular weight is 501 g/mol. The van der Waals surface area contributed by atoms with E-state index in [0.717, 1.165) is 37.7 Å². The highest BCUT2D eigenvalue weighted by Gasteiger charge is 2.46. The summed E-state index contributed by atoms with van der Waals surface area (Å²) in [6.07, 6.45) is 15.3. The van der Waals surface area contributed by atoms with E-state index < -0.39 is 24.3 Å². The summed E-state index contributed by atoms with van der Waals surface area (Å²) in [5.74, 6) is -0.518. The highest BCUT2D eigenvalue weighted by atomic mass is 16.6. The lowest BCUT2D eigenvalue weighted by Crippen LogP contribution is -2.32. The van der Waals surface area contributed by atoms with E-state index in [1.165, 1.54) is 11.6 Å². The van der Waals surface area contributed by atoms with Gasteiger partial charge in [0, 0.05) is 12.5 Å². The number of carbonyl (C=O) groups is 1. The monoisotopic (exact) mass is 500 g/mol. The Morgan fingerprint density at radius 1 is 1.19 bits per heavy atom. The molecule has 4 heterocycles. The topological polar surface area (TPSA) is 97.8 Å². The Morgan fingerprint density at radius 3 is 2.86 bits per heavy atom. The average Bonchev–Trinajstić information content (AvgIpc) is 3.61. The van der Waals surface area contributed by atoms with Crippen LogP contribution < -0.4 is 0 Å². The maximum absolute atomic E-state index is 12.6. The molecule has 4 rings (SSSR count). The zero-order valence-corrected chi connectivity index (χ0v) is 21.2. The van der Waals surface area contributed by atoms with Crippen molar-refractivity contribution in [1.29, 1.82) is 0 Å². The van der Waals surface area contributed by atoms with Gasteiger partial charge in [-0.2, -0.15) is 0 Å². The number of rotatable bonds is 3. The van der Waals surface area contributed by atoms with Crippen molar-refractivity contribution in [2.45, 2.75) is 107 Å². The van der Waals surface area contributed by atoms with Crippen LogP contribution in [-0.4, -0.2) is 71.6 Å². The molecule has 7 heteroatoms. The summed E-state index contributed by atoms with van der Waals surface area (Å²) < 4.78 is 23.2. The summed E-state index contributed by atoms with van der Waals surface area (Å²) in [4.78, 5) is 12.6. The highest BCUT2D eigenvalue weighted by molar-refractivity contribution is 5.82. The van der Waals surface area contributed by atoms with Crippen molar-refractivity contribution in [2.75, 3.05) is 6.61 Å². The Balaban J connectivity index is 1.42. The van der Waals surface area contributed by atoms with E-state index in [1.807, 2.05) is 12.2 Å². The van der Waals surface area contributed by atoms with Crippen molar-refractivity contribution in [3.05, 3.63) is 60.3 Å². The third-order valence-electron chi connectivity index (χ3n) is 7.19. The number of hydrogen-bond acceptors (Lipinski definition) is 7. The van der Waals surface area contributed by atoms with E-state index in [1.54, 1.807) is 12.2 Å². The van der Waals surface area contributed by atoms with Crippen molar-refractivity contribution in [1.82, 2.24) is 0 Å². The van der Waals surface area contributed by atoms with E-state index in [4.69, 9.17) is 18.9 Å². The van der Waals surface area contributed by atoms with Crippen molar-refractivity contribution in [3.8, 4) is 0 Å². The minimum Gasteiger partial charge on any atom is -0.456 e. The molecule has 2 N–H and O–H groups in total. The Hall–Kier alpha value is -2.03. The van der Waals surface area contributed by atoms with Crippen LogP contribution in [0.15, 0.2) is 60.3 Å². The second kappa shape index (κ2) is 13.0. The lowest BCUT2D eigenvalue weighted by Gasteiger charge is -2.25. The molecule has 7 nitrogen and oxygen atoms in total. The molecule has 1 saturated heterocycles. The summed E-state index contributed by atoms with van der Waals surface area (Å²) >= 11 is 0. The SMILES string of the molecule is C=C1CCC[C@@H]2C=CC[C@@H](C/C=C\C(=O)O[C@H]([C@@H](O)/C=C/[C@@H]3CC(C)=CCO3)C[C@@H]3O[C@H]3[C@@H](O)C1)O2. The number of ether oxygens (including phenoxy) is 4. The summed E-state index contributed by atoms with van der Waals surface area (Å²) in [5, 5.41) is 21.5. The number of hydrogen-bond donors (Lipinski definition) is 2. The van der Waals surface area contributed by atoms with Gasteiger partial charge in [-0.15, -0.1) is 0 Å². The quantitative estimate of drug-likeness (QED) is 0.345. The van der Waals surface area contributed by atoms with Crippen LogP contribution in [0.4, 0.5) is 0 Å². The van der Waals surface area contributed by atoms with E-state index in [0.29, 0.717) is 25.9 Å². The van der Waals surface area contributed by atoms with Crippen LogP contribution in [0.3, 0.4) is 0 Å². The molecule has 4 aliphatic heterocycles. The zero-order valence-electron chi connectivity index (χ0n) is 21.2. The van der Waals surface area contributed by atoms with Gasteiger partial charge < -0.3 is 29.2 Å². The third kappa shape index (κ3) is 8.25. The molecule has 0 aliphatic carbocycles. The van der Waals surface area contributed by atoms with Crippen LogP contribution in [0.2, 0.25) is 0 Å². The molecule has 8 atom stereocenters. The summed E-state index contributed by atoms with van der Waals surface area (Å²) in [6, 6.07) is 0. The molecule has 0 saturated carbocycles.